The van der Waals surface area contributed by atoms with Crippen LogP contribution in [-0.4, -0.2) is 63.3 Å². The molecule has 0 aromatic carbocycles. The number of aryl methyl sites for hydroxylation is 2. The van der Waals surface area contributed by atoms with E-state index in [1.807, 2.05) is 23.6 Å². The number of hydrogen-bond donors (Lipinski definition) is 1. The summed E-state index contributed by atoms with van der Waals surface area (Å²) in [6.07, 6.45) is 4.51. The summed E-state index contributed by atoms with van der Waals surface area (Å²) in [4.78, 5) is 28.7. The molecule has 2 fully saturated rings. The summed E-state index contributed by atoms with van der Waals surface area (Å²) < 4.78 is 5.78. The number of carbonyl (C=O) groups excluding carboxylic acids is 2. The lowest BCUT2D eigenvalue weighted by Crippen LogP contribution is -2.49. The molecular weight excluding hydrogens is 344 g/mol. The Balaban J connectivity index is 1.51. The zero-order valence-electron chi connectivity index (χ0n) is 17.0. The molecule has 1 spiro atoms. The maximum atomic E-state index is 12.6. The van der Waals surface area contributed by atoms with Crippen molar-refractivity contribution in [3.63, 3.8) is 0 Å². The summed E-state index contributed by atoms with van der Waals surface area (Å²) in [6, 6.07) is 0.211. The van der Waals surface area contributed by atoms with E-state index in [2.05, 4.69) is 24.0 Å². The predicted octanol–water partition coefficient (Wildman–Crippen LogP) is 2.96. The Hall–Kier alpha value is -2.05. The molecule has 3 heterocycles. The molecular formula is C20H32N4O3. The molecule has 2 aliphatic rings. The molecule has 0 radical (unpaired) electrons. The number of aromatic amines is 1. The highest BCUT2D eigenvalue weighted by Gasteiger charge is 2.48. The smallest absolute Gasteiger partial charge is 0.410 e. The molecule has 0 aliphatic carbocycles. The number of likely N-dealkylation sites (tertiary alicyclic amines) is 1. The van der Waals surface area contributed by atoms with Gasteiger partial charge in [0.1, 0.15) is 5.60 Å². The highest BCUT2D eigenvalue weighted by atomic mass is 16.6. The number of rotatable bonds is 6. The van der Waals surface area contributed by atoms with Crippen molar-refractivity contribution in [3.05, 3.63) is 17.0 Å². The minimum absolute atomic E-state index is 0.172. The van der Waals surface area contributed by atoms with E-state index in [1.165, 1.54) is 0 Å². The van der Waals surface area contributed by atoms with Crippen molar-refractivity contribution in [2.24, 2.45) is 0 Å². The Labute approximate surface area is 161 Å². The van der Waals surface area contributed by atoms with Crippen LogP contribution in [0.25, 0.3) is 0 Å². The van der Waals surface area contributed by atoms with E-state index in [0.717, 1.165) is 42.6 Å². The van der Waals surface area contributed by atoms with E-state index in [4.69, 9.17) is 4.74 Å². The molecule has 2 aliphatic heterocycles. The topological polar surface area (TPSA) is 78.5 Å². The number of nitrogens with one attached hydrogen (secondary N) is 1. The van der Waals surface area contributed by atoms with Crippen molar-refractivity contribution >= 4 is 12.0 Å². The van der Waals surface area contributed by atoms with Gasteiger partial charge in [0, 0.05) is 44.1 Å². The summed E-state index contributed by atoms with van der Waals surface area (Å²) in [5.41, 5.74) is 2.74. The van der Waals surface area contributed by atoms with Crippen LogP contribution in [0.5, 0.6) is 0 Å². The molecule has 7 heteroatoms. The van der Waals surface area contributed by atoms with E-state index in [1.54, 1.807) is 0 Å². The predicted molar refractivity (Wildman–Crippen MR) is 102 cm³/mol. The molecule has 2 saturated heterocycles. The first-order valence-electron chi connectivity index (χ1n) is 10.1. The summed E-state index contributed by atoms with van der Waals surface area (Å²) in [5, 5.41) is 7.16. The fourth-order valence-electron chi connectivity index (χ4n) is 4.32. The third kappa shape index (κ3) is 4.12. The zero-order valence-corrected chi connectivity index (χ0v) is 17.0. The molecule has 1 aromatic heterocycles. The van der Waals surface area contributed by atoms with Crippen molar-refractivity contribution in [1.82, 2.24) is 20.0 Å². The monoisotopic (exact) mass is 376 g/mol. The standard InChI is InChI=1S/C20H32N4O3/c1-5-6-14(2)24-13-20(27-19(24)26)9-11-23(12-10-20)18(25)8-7-17-15(3)21-22-16(17)4/h14H,5-13H2,1-4H3,(H,21,22). The summed E-state index contributed by atoms with van der Waals surface area (Å²) in [6.45, 7) is 10.1. The Kier molecular flexibility index (Phi) is 5.77. The van der Waals surface area contributed by atoms with Crippen LogP contribution in [-0.2, 0) is 16.0 Å². The molecule has 0 bridgehead atoms. The average Bonchev–Trinajstić information content (AvgIpc) is 3.13. The van der Waals surface area contributed by atoms with Crippen molar-refractivity contribution in [1.29, 1.82) is 0 Å². The normalized spacial score (nSPS) is 20.2. The number of aromatic nitrogens is 2. The quantitative estimate of drug-likeness (QED) is 0.828. The second kappa shape index (κ2) is 7.90. The van der Waals surface area contributed by atoms with Gasteiger partial charge in [0.2, 0.25) is 5.91 Å². The maximum absolute atomic E-state index is 12.6. The van der Waals surface area contributed by atoms with Crippen molar-refractivity contribution in [2.45, 2.75) is 77.9 Å². The second-order valence-electron chi connectivity index (χ2n) is 8.11. The van der Waals surface area contributed by atoms with E-state index in [9.17, 15) is 9.59 Å². The number of piperidine rings is 1. The van der Waals surface area contributed by atoms with Crippen LogP contribution in [0, 0.1) is 13.8 Å². The zero-order chi connectivity index (χ0) is 19.6. The third-order valence-corrected chi connectivity index (χ3v) is 6.13. The first kappa shape index (κ1) is 19.7. The number of H-pyrrole nitrogens is 1. The lowest BCUT2D eigenvalue weighted by Gasteiger charge is -2.37. The van der Waals surface area contributed by atoms with Gasteiger partial charge in [0.15, 0.2) is 0 Å². The van der Waals surface area contributed by atoms with Gasteiger partial charge in [-0.25, -0.2) is 4.79 Å². The minimum atomic E-state index is -0.409. The second-order valence-corrected chi connectivity index (χ2v) is 8.11. The van der Waals surface area contributed by atoms with Gasteiger partial charge >= 0.3 is 6.09 Å². The van der Waals surface area contributed by atoms with Gasteiger partial charge in [-0.15, -0.1) is 0 Å². The van der Waals surface area contributed by atoms with Crippen LogP contribution >= 0.6 is 0 Å². The van der Waals surface area contributed by atoms with E-state index in [-0.39, 0.29) is 18.0 Å². The largest absolute Gasteiger partial charge is 0.441 e. The number of hydrogen-bond acceptors (Lipinski definition) is 4. The Morgan fingerprint density at radius 2 is 2.04 bits per heavy atom. The first-order chi connectivity index (χ1) is 12.8. The molecule has 150 valence electrons. The van der Waals surface area contributed by atoms with Gasteiger partial charge in [-0.3, -0.25) is 9.89 Å². The Morgan fingerprint density at radius 3 is 2.63 bits per heavy atom. The average molecular weight is 377 g/mol. The minimum Gasteiger partial charge on any atom is -0.441 e. The van der Waals surface area contributed by atoms with Gasteiger partial charge < -0.3 is 14.5 Å². The molecule has 1 unspecified atom stereocenters. The van der Waals surface area contributed by atoms with Crippen LogP contribution < -0.4 is 0 Å². The molecule has 27 heavy (non-hydrogen) atoms. The maximum Gasteiger partial charge on any atom is 0.410 e. The highest BCUT2D eigenvalue weighted by Crippen LogP contribution is 2.35. The fourth-order valence-corrected chi connectivity index (χ4v) is 4.32. The van der Waals surface area contributed by atoms with Crippen LogP contribution in [0.1, 0.15) is 62.9 Å². The van der Waals surface area contributed by atoms with Gasteiger partial charge in [-0.2, -0.15) is 5.10 Å². The van der Waals surface area contributed by atoms with Gasteiger partial charge in [-0.05, 0) is 39.2 Å². The number of amides is 2. The third-order valence-electron chi connectivity index (χ3n) is 6.13. The highest BCUT2D eigenvalue weighted by molar-refractivity contribution is 5.77. The Morgan fingerprint density at radius 1 is 1.33 bits per heavy atom. The summed E-state index contributed by atoms with van der Waals surface area (Å²) in [7, 11) is 0. The Bertz CT molecular complexity index is 672. The fraction of sp³-hybridized carbons (Fsp3) is 0.750. The molecule has 2 amide bonds. The molecule has 1 N–H and O–H groups in total. The SMILES string of the molecule is CCCC(C)N1CC2(CCN(C(=O)CCc3c(C)n[nH]c3C)CC2)OC1=O. The van der Waals surface area contributed by atoms with Crippen LogP contribution in [0.2, 0.25) is 0 Å². The van der Waals surface area contributed by atoms with Crippen molar-refractivity contribution in [2.75, 3.05) is 19.6 Å². The van der Waals surface area contributed by atoms with Crippen LogP contribution in [0.15, 0.2) is 0 Å². The van der Waals surface area contributed by atoms with Crippen molar-refractivity contribution in [3.8, 4) is 0 Å². The number of ether oxygens (including phenoxy) is 1. The first-order valence-corrected chi connectivity index (χ1v) is 10.1. The number of nitrogens with zero attached hydrogens (tertiary/aromatic N) is 3. The molecule has 1 aromatic rings. The lowest BCUT2D eigenvalue weighted by atomic mass is 9.90. The van der Waals surface area contributed by atoms with Crippen molar-refractivity contribution < 1.29 is 14.3 Å². The van der Waals surface area contributed by atoms with Crippen LogP contribution in [0.4, 0.5) is 4.79 Å². The number of carbonyl (C=O) groups is 2. The van der Waals surface area contributed by atoms with E-state index >= 15 is 0 Å². The molecule has 7 nitrogen and oxygen atoms in total. The molecule has 3 rings (SSSR count). The van der Waals surface area contributed by atoms with Gasteiger partial charge in [-0.1, -0.05) is 13.3 Å². The summed E-state index contributed by atoms with van der Waals surface area (Å²) in [5.74, 6) is 0.172. The molecule has 0 saturated carbocycles. The van der Waals surface area contributed by atoms with E-state index < -0.39 is 5.60 Å². The van der Waals surface area contributed by atoms with Gasteiger partial charge in [0.25, 0.3) is 0 Å². The summed E-state index contributed by atoms with van der Waals surface area (Å²) >= 11 is 0. The van der Waals surface area contributed by atoms with Gasteiger partial charge in [0.05, 0.1) is 12.2 Å². The molecule has 1 atom stereocenters. The van der Waals surface area contributed by atoms with Crippen LogP contribution in [0.3, 0.4) is 0 Å². The lowest BCUT2D eigenvalue weighted by molar-refractivity contribution is -0.134. The van der Waals surface area contributed by atoms with E-state index in [0.29, 0.717) is 32.5 Å².